The van der Waals surface area contributed by atoms with Gasteiger partial charge in [-0.25, -0.2) is 13.8 Å². The number of carbonyl (C=O) groups is 1. The van der Waals surface area contributed by atoms with E-state index in [1.807, 2.05) is 12.1 Å². The van der Waals surface area contributed by atoms with E-state index in [0.717, 1.165) is 17.3 Å². The van der Waals surface area contributed by atoms with Crippen molar-refractivity contribution in [2.75, 3.05) is 7.11 Å². The number of amides is 1. The van der Waals surface area contributed by atoms with Crippen LogP contribution < -0.4 is 10.1 Å². The minimum atomic E-state index is -2.80. The van der Waals surface area contributed by atoms with Crippen molar-refractivity contribution in [1.82, 2.24) is 15.2 Å². The number of aromatic nitrogens is 1. The van der Waals surface area contributed by atoms with E-state index in [0.29, 0.717) is 33.9 Å². The van der Waals surface area contributed by atoms with Crippen LogP contribution in [0.25, 0.3) is 17.2 Å². The van der Waals surface area contributed by atoms with Crippen molar-refractivity contribution in [1.29, 1.82) is 5.26 Å². The number of carbonyl (C=O) groups excluding carboxylic acids is 1. The number of thioether (sulfide) groups is 1. The van der Waals surface area contributed by atoms with Gasteiger partial charge in [0, 0.05) is 16.9 Å². The van der Waals surface area contributed by atoms with Gasteiger partial charge < -0.3 is 14.5 Å². The molecule has 2 aromatic heterocycles. The number of ether oxygens (including phenoxy) is 1. The van der Waals surface area contributed by atoms with Gasteiger partial charge in [-0.05, 0) is 59.8 Å². The van der Waals surface area contributed by atoms with Crippen LogP contribution in [0, 0.1) is 11.3 Å². The molecule has 206 valence electrons. The van der Waals surface area contributed by atoms with E-state index in [2.05, 4.69) is 16.4 Å². The highest BCUT2D eigenvalue weighted by atomic mass is 32.2. The number of nitrogens with one attached hydrogen (secondary N) is 1. The minimum absolute atomic E-state index is 0.196. The monoisotopic (exact) mass is 588 g/mol. The number of nitriles is 1. The fourth-order valence-electron chi connectivity index (χ4n) is 4.30. The molecule has 1 aliphatic heterocycles. The van der Waals surface area contributed by atoms with Crippen LogP contribution >= 0.6 is 24.0 Å². The van der Waals surface area contributed by atoms with Gasteiger partial charge in [0.15, 0.2) is 5.11 Å². The molecule has 4 aromatic rings. The molecule has 3 heterocycles. The smallest absolute Gasteiger partial charge is 0.280 e. The summed E-state index contributed by atoms with van der Waals surface area (Å²) in [4.78, 5) is 18.5. The summed E-state index contributed by atoms with van der Waals surface area (Å²) in [6, 6.07) is 21.2. The molecule has 0 bridgehead atoms. The Morgan fingerprint density at radius 2 is 2.00 bits per heavy atom. The van der Waals surface area contributed by atoms with Gasteiger partial charge in [0.05, 0.1) is 25.5 Å². The van der Waals surface area contributed by atoms with E-state index >= 15 is 0 Å². The third-order valence-corrected chi connectivity index (χ3v) is 7.61. The number of rotatable bonds is 9. The molecule has 0 aliphatic carbocycles. The highest BCUT2D eigenvalue weighted by Gasteiger charge is 2.31. The van der Waals surface area contributed by atoms with Crippen LogP contribution in [0.15, 0.2) is 88.1 Å². The summed E-state index contributed by atoms with van der Waals surface area (Å²) in [6.45, 7) is 0.205. The SMILES string of the molecule is COc1ccc(/C=C2/NC(=S)N(Cc3ccco3)C2=O)cc1CSc1nc(C(F)F)cc(-c2ccccc2)c1C#N. The first-order valence-corrected chi connectivity index (χ1v) is 13.7. The average molecular weight is 589 g/mol. The van der Waals surface area contributed by atoms with Crippen LogP contribution in [0.4, 0.5) is 8.78 Å². The predicted molar refractivity (Wildman–Crippen MR) is 155 cm³/mol. The fourth-order valence-corrected chi connectivity index (χ4v) is 5.54. The van der Waals surface area contributed by atoms with Crippen molar-refractivity contribution in [2.24, 2.45) is 0 Å². The molecular weight excluding hydrogens is 566 g/mol. The lowest BCUT2D eigenvalue weighted by Crippen LogP contribution is -2.29. The molecule has 1 amide bonds. The summed E-state index contributed by atoms with van der Waals surface area (Å²) in [5.41, 5.74) is 2.57. The molecule has 0 spiro atoms. The first-order chi connectivity index (χ1) is 19.9. The molecular formula is C30H22F2N4O3S2. The number of nitrogens with zero attached hydrogens (tertiary/aromatic N) is 3. The molecule has 11 heteroatoms. The lowest BCUT2D eigenvalue weighted by Gasteiger charge is -2.13. The van der Waals surface area contributed by atoms with Crippen molar-refractivity contribution in [3.05, 3.63) is 107 Å². The Morgan fingerprint density at radius 3 is 2.68 bits per heavy atom. The number of furan rings is 1. The second-order valence-electron chi connectivity index (χ2n) is 8.87. The van der Waals surface area contributed by atoms with Gasteiger partial charge in [-0.1, -0.05) is 36.4 Å². The number of pyridine rings is 1. The van der Waals surface area contributed by atoms with Gasteiger partial charge in [-0.2, -0.15) is 5.26 Å². The predicted octanol–water partition coefficient (Wildman–Crippen LogP) is 6.71. The van der Waals surface area contributed by atoms with Crippen molar-refractivity contribution >= 4 is 41.1 Å². The molecule has 1 fully saturated rings. The Balaban J connectivity index is 1.42. The second kappa shape index (κ2) is 12.3. The van der Waals surface area contributed by atoms with E-state index in [1.54, 1.807) is 54.6 Å². The number of thiocarbonyl (C=S) groups is 1. The van der Waals surface area contributed by atoms with Crippen LogP contribution in [0.3, 0.4) is 0 Å². The first-order valence-electron chi connectivity index (χ1n) is 12.3. The summed E-state index contributed by atoms with van der Waals surface area (Å²) in [6.07, 6.45) is 0.402. The number of methoxy groups -OCH3 is 1. The lowest BCUT2D eigenvalue weighted by atomic mass is 10.0. The molecule has 2 aromatic carbocycles. The second-order valence-corrected chi connectivity index (χ2v) is 10.2. The lowest BCUT2D eigenvalue weighted by molar-refractivity contribution is -0.122. The molecule has 41 heavy (non-hydrogen) atoms. The largest absolute Gasteiger partial charge is 0.496 e. The molecule has 1 N–H and O–H groups in total. The van der Waals surface area contributed by atoms with Gasteiger partial charge >= 0.3 is 0 Å². The molecule has 1 aliphatic rings. The zero-order valence-electron chi connectivity index (χ0n) is 21.6. The molecule has 1 saturated heterocycles. The molecule has 0 unspecified atom stereocenters. The first kappa shape index (κ1) is 28.0. The van der Waals surface area contributed by atoms with Gasteiger partial charge in [0.1, 0.15) is 34.0 Å². The summed E-state index contributed by atoms with van der Waals surface area (Å²) in [7, 11) is 1.53. The van der Waals surface area contributed by atoms with Crippen LogP contribution in [0.1, 0.15) is 34.6 Å². The normalized spacial score (nSPS) is 14.0. The van der Waals surface area contributed by atoms with E-state index in [-0.39, 0.29) is 33.9 Å². The van der Waals surface area contributed by atoms with Crippen LogP contribution in [-0.4, -0.2) is 28.0 Å². The van der Waals surface area contributed by atoms with Gasteiger partial charge in [0.2, 0.25) is 0 Å². The van der Waals surface area contributed by atoms with Crippen molar-refractivity contribution < 1.29 is 22.7 Å². The third-order valence-electron chi connectivity index (χ3n) is 6.26. The summed E-state index contributed by atoms with van der Waals surface area (Å²) >= 11 is 6.50. The number of benzene rings is 2. The Bertz CT molecular complexity index is 1670. The molecule has 5 rings (SSSR count). The highest BCUT2D eigenvalue weighted by Crippen LogP contribution is 2.36. The zero-order valence-corrected chi connectivity index (χ0v) is 23.3. The van der Waals surface area contributed by atoms with E-state index < -0.39 is 12.1 Å². The number of hydrogen-bond donors (Lipinski definition) is 1. The minimum Gasteiger partial charge on any atom is -0.496 e. The Labute approximate surface area is 244 Å². The van der Waals surface area contributed by atoms with Crippen molar-refractivity contribution in [2.45, 2.75) is 23.7 Å². The van der Waals surface area contributed by atoms with Crippen molar-refractivity contribution in [3.63, 3.8) is 0 Å². The molecule has 7 nitrogen and oxygen atoms in total. The topological polar surface area (TPSA) is 91.4 Å². The fraction of sp³-hybridized carbons (Fsp3) is 0.133. The Hall–Kier alpha value is -4.53. The maximum atomic E-state index is 13.8. The van der Waals surface area contributed by atoms with Crippen LogP contribution in [-0.2, 0) is 17.1 Å². The van der Waals surface area contributed by atoms with E-state index in [4.69, 9.17) is 21.4 Å². The molecule has 0 saturated carbocycles. The van der Waals surface area contributed by atoms with Gasteiger partial charge in [0.25, 0.3) is 12.3 Å². The van der Waals surface area contributed by atoms with Gasteiger partial charge in [-0.3, -0.25) is 9.69 Å². The molecule has 0 atom stereocenters. The summed E-state index contributed by atoms with van der Waals surface area (Å²) < 4.78 is 38.4. The standard InChI is InChI=1S/C30H22F2N4O3S2/c1-38-26-10-9-18(13-25-29(37)36(30(40)35-25)16-21-8-5-11-39-21)12-20(26)17-41-28-23(15-33)22(14-24(34-28)27(31)32)19-6-3-2-4-7-19/h2-14,27H,16-17H2,1H3,(H,35,40)/b25-13+. The number of hydrogen-bond acceptors (Lipinski definition) is 7. The maximum Gasteiger partial charge on any atom is 0.280 e. The maximum absolute atomic E-state index is 13.8. The third kappa shape index (κ3) is 6.14. The average Bonchev–Trinajstić information content (AvgIpc) is 3.60. The Morgan fingerprint density at radius 1 is 1.20 bits per heavy atom. The van der Waals surface area contributed by atoms with Crippen LogP contribution in [0.5, 0.6) is 5.75 Å². The van der Waals surface area contributed by atoms with E-state index in [9.17, 15) is 18.8 Å². The highest BCUT2D eigenvalue weighted by molar-refractivity contribution is 7.98. The van der Waals surface area contributed by atoms with Gasteiger partial charge in [-0.15, -0.1) is 11.8 Å². The van der Waals surface area contributed by atoms with Crippen LogP contribution in [0.2, 0.25) is 0 Å². The Kier molecular flexibility index (Phi) is 8.42. The summed E-state index contributed by atoms with van der Waals surface area (Å²) in [5.74, 6) is 1.14. The number of alkyl halides is 2. The number of halogens is 2. The van der Waals surface area contributed by atoms with E-state index in [1.165, 1.54) is 24.3 Å². The molecule has 0 radical (unpaired) electrons. The summed E-state index contributed by atoms with van der Waals surface area (Å²) in [5, 5.41) is 13.4. The van der Waals surface area contributed by atoms with Crippen molar-refractivity contribution in [3.8, 4) is 22.9 Å². The quantitative estimate of drug-likeness (QED) is 0.131. The zero-order chi connectivity index (χ0) is 28.9.